The van der Waals surface area contributed by atoms with Crippen molar-refractivity contribution in [1.82, 2.24) is 0 Å². The van der Waals surface area contributed by atoms with Crippen LogP contribution in [0.4, 0.5) is 0 Å². The predicted octanol–water partition coefficient (Wildman–Crippen LogP) is 2.71. The Morgan fingerprint density at radius 2 is 1.71 bits per heavy atom. The first kappa shape index (κ1) is 19.1. The van der Waals surface area contributed by atoms with Crippen molar-refractivity contribution in [2.45, 2.75) is 6.92 Å². The highest BCUT2D eigenvalue weighted by Crippen LogP contribution is 2.38. The van der Waals surface area contributed by atoms with Crippen LogP contribution in [0, 0.1) is 0 Å². The van der Waals surface area contributed by atoms with E-state index in [-0.39, 0.29) is 5.57 Å². The number of aliphatic hydroxyl groups is 1. The van der Waals surface area contributed by atoms with Crippen LogP contribution in [0.1, 0.15) is 12.5 Å². The highest BCUT2D eigenvalue weighted by atomic mass is 16.5. The molecule has 1 aromatic carbocycles. The minimum absolute atomic E-state index is 0.291. The van der Waals surface area contributed by atoms with Crippen molar-refractivity contribution in [3.8, 4) is 17.2 Å². The third-order valence-electron chi connectivity index (χ3n) is 3.03. The van der Waals surface area contributed by atoms with E-state index in [1.54, 1.807) is 19.1 Å². The average molecular weight is 335 g/mol. The molecule has 1 aromatic rings. The molecule has 0 fully saturated rings. The lowest BCUT2D eigenvalue weighted by atomic mass is 10.1. The zero-order valence-electron chi connectivity index (χ0n) is 14.1. The third-order valence-corrected chi connectivity index (χ3v) is 3.03. The summed E-state index contributed by atoms with van der Waals surface area (Å²) in [5.41, 5.74) is 0.341. The van der Waals surface area contributed by atoms with Crippen LogP contribution in [0.3, 0.4) is 0 Å². The van der Waals surface area contributed by atoms with E-state index in [2.05, 4.69) is 4.99 Å². The molecule has 24 heavy (non-hydrogen) atoms. The number of carbonyl (C=O) groups is 1. The van der Waals surface area contributed by atoms with Crippen molar-refractivity contribution < 1.29 is 29.2 Å². The van der Waals surface area contributed by atoms with Crippen LogP contribution in [-0.4, -0.2) is 50.3 Å². The monoisotopic (exact) mass is 335 g/mol. The number of rotatable bonds is 8. The Balaban J connectivity index is 3.26. The lowest BCUT2D eigenvalue weighted by Crippen LogP contribution is -2.05. The molecule has 0 aliphatic rings. The summed E-state index contributed by atoms with van der Waals surface area (Å²) in [6.07, 6.45) is 3.92. The molecule has 0 spiro atoms. The van der Waals surface area contributed by atoms with E-state index in [9.17, 15) is 9.90 Å². The van der Waals surface area contributed by atoms with Crippen molar-refractivity contribution in [1.29, 1.82) is 0 Å². The van der Waals surface area contributed by atoms with Crippen LogP contribution in [0.2, 0.25) is 0 Å². The maximum absolute atomic E-state index is 11.1. The van der Waals surface area contributed by atoms with Crippen LogP contribution in [0.5, 0.6) is 17.2 Å². The van der Waals surface area contributed by atoms with Gasteiger partial charge in [-0.2, -0.15) is 0 Å². The first-order valence-electron chi connectivity index (χ1n) is 7.12. The molecule has 7 heteroatoms. The maximum Gasteiger partial charge on any atom is 0.341 e. The number of carboxylic acid groups (broad SMARTS) is 1. The molecule has 0 saturated heterocycles. The molecule has 0 unspecified atom stereocenters. The SMILES string of the molecule is CCN=C/C(C(=O)O)=C(O)\C=C\c1cc(OC)c(OC)c(OC)c1. The molecule has 130 valence electrons. The summed E-state index contributed by atoms with van der Waals surface area (Å²) < 4.78 is 15.7. The van der Waals surface area contributed by atoms with E-state index >= 15 is 0 Å². The summed E-state index contributed by atoms with van der Waals surface area (Å²) in [5.74, 6) is -0.331. The Morgan fingerprint density at radius 3 is 2.12 bits per heavy atom. The number of benzene rings is 1. The number of hydrogen-bond acceptors (Lipinski definition) is 6. The fourth-order valence-electron chi connectivity index (χ4n) is 1.88. The lowest BCUT2D eigenvalue weighted by molar-refractivity contribution is -0.132. The molecule has 0 aliphatic carbocycles. The molecular weight excluding hydrogens is 314 g/mol. The Bertz CT molecular complexity index is 651. The number of nitrogens with zero attached hydrogens (tertiary/aromatic N) is 1. The zero-order chi connectivity index (χ0) is 18.1. The topological polar surface area (TPSA) is 97.6 Å². The lowest BCUT2D eigenvalue weighted by Gasteiger charge is -2.12. The highest BCUT2D eigenvalue weighted by Gasteiger charge is 2.13. The largest absolute Gasteiger partial charge is 0.507 e. The summed E-state index contributed by atoms with van der Waals surface area (Å²) >= 11 is 0. The molecule has 2 N–H and O–H groups in total. The molecule has 7 nitrogen and oxygen atoms in total. The molecular formula is C17H21NO6. The normalized spacial score (nSPS) is 12.3. The molecule has 1 rings (SSSR count). The van der Waals surface area contributed by atoms with E-state index in [0.29, 0.717) is 29.4 Å². The molecule has 0 radical (unpaired) electrons. The molecule has 0 saturated carbocycles. The second-order valence-electron chi connectivity index (χ2n) is 4.52. The van der Waals surface area contributed by atoms with E-state index in [1.165, 1.54) is 33.5 Å². The van der Waals surface area contributed by atoms with E-state index in [0.717, 1.165) is 6.21 Å². The van der Waals surface area contributed by atoms with Crippen molar-refractivity contribution in [3.05, 3.63) is 35.1 Å². The second-order valence-corrected chi connectivity index (χ2v) is 4.52. The van der Waals surface area contributed by atoms with Gasteiger partial charge in [0.05, 0.1) is 21.3 Å². The van der Waals surface area contributed by atoms with Gasteiger partial charge in [-0.3, -0.25) is 4.99 Å². The van der Waals surface area contributed by atoms with Crippen LogP contribution < -0.4 is 14.2 Å². The van der Waals surface area contributed by atoms with Gasteiger partial charge in [-0.25, -0.2) is 4.79 Å². The van der Waals surface area contributed by atoms with Crippen molar-refractivity contribution in [2.24, 2.45) is 4.99 Å². The number of hydrogen-bond donors (Lipinski definition) is 2. The summed E-state index contributed by atoms with van der Waals surface area (Å²) in [5, 5.41) is 19.1. The van der Waals surface area contributed by atoms with Gasteiger partial charge in [0.2, 0.25) is 5.75 Å². The third kappa shape index (κ3) is 4.77. The summed E-state index contributed by atoms with van der Waals surface area (Å²) in [6.45, 7) is 2.18. The fraction of sp³-hybridized carbons (Fsp3) is 0.294. The van der Waals surface area contributed by atoms with Gasteiger partial charge < -0.3 is 24.4 Å². The number of ether oxygens (including phenoxy) is 3. The maximum atomic E-state index is 11.1. The summed E-state index contributed by atoms with van der Waals surface area (Å²) in [6, 6.07) is 3.34. The number of methoxy groups -OCH3 is 3. The van der Waals surface area contributed by atoms with E-state index in [1.807, 2.05) is 0 Å². The fourth-order valence-corrected chi connectivity index (χ4v) is 1.88. The van der Waals surface area contributed by atoms with Crippen LogP contribution in [0.25, 0.3) is 6.08 Å². The van der Waals surface area contributed by atoms with Gasteiger partial charge in [-0.1, -0.05) is 6.08 Å². The molecule has 0 atom stereocenters. The number of aliphatic carboxylic acids is 1. The first-order valence-corrected chi connectivity index (χ1v) is 7.12. The van der Waals surface area contributed by atoms with Crippen LogP contribution >= 0.6 is 0 Å². The van der Waals surface area contributed by atoms with Crippen molar-refractivity contribution in [2.75, 3.05) is 27.9 Å². The molecule has 0 amide bonds. The predicted molar refractivity (Wildman–Crippen MR) is 91.5 cm³/mol. The Labute approximate surface area is 140 Å². The Morgan fingerprint density at radius 1 is 1.12 bits per heavy atom. The minimum atomic E-state index is -1.26. The van der Waals surface area contributed by atoms with E-state index < -0.39 is 11.7 Å². The van der Waals surface area contributed by atoms with Gasteiger partial charge in [0.25, 0.3) is 0 Å². The smallest absolute Gasteiger partial charge is 0.341 e. The van der Waals surface area contributed by atoms with Crippen LogP contribution in [0.15, 0.2) is 34.5 Å². The molecule has 0 aliphatic heterocycles. The number of aliphatic hydroxyl groups excluding tert-OH is 1. The van der Waals surface area contributed by atoms with Crippen molar-refractivity contribution >= 4 is 18.3 Å². The Kier molecular flexibility index (Phi) is 7.35. The first-order chi connectivity index (χ1) is 11.5. The van der Waals surface area contributed by atoms with Gasteiger partial charge in [-0.15, -0.1) is 0 Å². The van der Waals surface area contributed by atoms with Gasteiger partial charge in [-0.05, 0) is 30.7 Å². The standard InChI is InChI=1S/C17H21NO6/c1-5-18-10-12(17(20)21)13(19)7-6-11-8-14(22-2)16(24-4)15(9-11)23-3/h6-10,19H,5H2,1-4H3,(H,20,21)/b7-6+,13-12-,18-10?. The Hall–Kier alpha value is -2.96. The molecule has 0 bridgehead atoms. The quantitative estimate of drug-likeness (QED) is 0.328. The minimum Gasteiger partial charge on any atom is -0.507 e. The number of aliphatic imine (C=N–C) groups is 1. The van der Waals surface area contributed by atoms with Gasteiger partial charge in [0.15, 0.2) is 11.5 Å². The van der Waals surface area contributed by atoms with Crippen molar-refractivity contribution in [3.63, 3.8) is 0 Å². The molecule has 0 heterocycles. The summed E-state index contributed by atoms with van der Waals surface area (Å²) in [4.78, 5) is 15.0. The number of carboxylic acids is 1. The van der Waals surface area contributed by atoms with Gasteiger partial charge in [0.1, 0.15) is 11.3 Å². The highest BCUT2D eigenvalue weighted by molar-refractivity contribution is 6.09. The summed E-state index contributed by atoms with van der Waals surface area (Å²) in [7, 11) is 4.48. The van der Waals surface area contributed by atoms with Gasteiger partial charge >= 0.3 is 5.97 Å². The van der Waals surface area contributed by atoms with E-state index in [4.69, 9.17) is 19.3 Å². The average Bonchev–Trinajstić information content (AvgIpc) is 2.58. The second kappa shape index (κ2) is 9.24. The van der Waals surface area contributed by atoms with Gasteiger partial charge in [0, 0.05) is 12.8 Å². The van der Waals surface area contributed by atoms with Crippen LogP contribution in [-0.2, 0) is 4.79 Å². The molecule has 0 aromatic heterocycles. The zero-order valence-corrected chi connectivity index (χ0v) is 14.1. The number of allylic oxidation sites excluding steroid dienone is 1.